The molecule has 2 N–H and O–H groups in total. The number of sulfone groups is 1. The number of nitrogens with zero attached hydrogens (tertiary/aromatic N) is 2. The maximum absolute atomic E-state index is 12.5. The Labute approximate surface area is 153 Å². The highest BCUT2D eigenvalue weighted by Crippen LogP contribution is 2.17. The van der Waals surface area contributed by atoms with Gasteiger partial charge < -0.3 is 10.6 Å². The van der Waals surface area contributed by atoms with Crippen molar-refractivity contribution < 1.29 is 13.2 Å². The molecule has 1 aliphatic rings. The van der Waals surface area contributed by atoms with E-state index in [4.69, 9.17) is 0 Å². The molecule has 1 unspecified atom stereocenters. The lowest BCUT2D eigenvalue weighted by Crippen LogP contribution is -2.23. The minimum absolute atomic E-state index is 0.0651. The molecule has 1 aromatic carbocycles. The van der Waals surface area contributed by atoms with E-state index < -0.39 is 9.84 Å². The summed E-state index contributed by atoms with van der Waals surface area (Å²) in [7, 11) is -3.00. The van der Waals surface area contributed by atoms with Crippen molar-refractivity contribution in [3.05, 3.63) is 47.3 Å². The average molecular weight is 374 g/mol. The second-order valence-electron chi connectivity index (χ2n) is 6.47. The number of nitrogens with one attached hydrogen (secondary N) is 2. The van der Waals surface area contributed by atoms with Gasteiger partial charge in [-0.05, 0) is 43.5 Å². The fourth-order valence-corrected chi connectivity index (χ4v) is 4.53. The van der Waals surface area contributed by atoms with Crippen molar-refractivity contribution in [3.8, 4) is 0 Å². The van der Waals surface area contributed by atoms with Crippen LogP contribution < -0.4 is 10.6 Å². The first-order chi connectivity index (χ1) is 12.3. The Morgan fingerprint density at radius 1 is 1.23 bits per heavy atom. The number of aromatic nitrogens is 2. The summed E-state index contributed by atoms with van der Waals surface area (Å²) in [4.78, 5) is 21.0. The number of rotatable bonds is 5. The van der Waals surface area contributed by atoms with Crippen molar-refractivity contribution in [1.82, 2.24) is 9.97 Å². The molecule has 138 valence electrons. The van der Waals surface area contributed by atoms with Crippen LogP contribution in [0.1, 0.15) is 35.1 Å². The fraction of sp³-hybridized carbons (Fsp3) is 0.389. The van der Waals surface area contributed by atoms with E-state index in [1.807, 2.05) is 24.3 Å². The summed E-state index contributed by atoms with van der Waals surface area (Å²) in [6.07, 6.45) is 1.45. The van der Waals surface area contributed by atoms with Crippen LogP contribution in [-0.4, -0.2) is 41.8 Å². The summed E-state index contributed by atoms with van der Waals surface area (Å²) in [6, 6.07) is 9.02. The smallest absolute Gasteiger partial charge is 0.274 e. The molecule has 7 nitrogen and oxygen atoms in total. The minimum Gasteiger partial charge on any atom is -0.350 e. The summed E-state index contributed by atoms with van der Waals surface area (Å²) in [5.41, 5.74) is 2.76. The van der Waals surface area contributed by atoms with Gasteiger partial charge in [-0.1, -0.05) is 19.1 Å². The van der Waals surface area contributed by atoms with Crippen LogP contribution in [-0.2, 0) is 16.3 Å². The number of anilines is 2. The number of carbonyl (C=O) groups is 1. The highest BCUT2D eigenvalue weighted by molar-refractivity contribution is 7.91. The largest absolute Gasteiger partial charge is 0.350 e. The second kappa shape index (κ2) is 7.41. The molecular formula is C18H22N4O3S. The first kappa shape index (κ1) is 18.3. The Hall–Kier alpha value is -2.48. The van der Waals surface area contributed by atoms with Gasteiger partial charge in [0.15, 0.2) is 9.84 Å². The first-order valence-corrected chi connectivity index (χ1v) is 10.4. The van der Waals surface area contributed by atoms with Gasteiger partial charge in [0, 0.05) is 17.4 Å². The minimum atomic E-state index is -3.00. The topological polar surface area (TPSA) is 101 Å². The lowest BCUT2D eigenvalue weighted by molar-refractivity contribution is 0.102. The van der Waals surface area contributed by atoms with Crippen LogP contribution in [0.4, 0.5) is 11.6 Å². The molecule has 0 bridgehead atoms. The Kier molecular flexibility index (Phi) is 5.22. The molecule has 1 aromatic heterocycles. The number of benzene rings is 1. The Morgan fingerprint density at radius 2 is 1.96 bits per heavy atom. The van der Waals surface area contributed by atoms with E-state index in [1.54, 1.807) is 13.0 Å². The van der Waals surface area contributed by atoms with Gasteiger partial charge in [-0.15, -0.1) is 0 Å². The third-order valence-electron chi connectivity index (χ3n) is 4.27. The molecule has 0 aliphatic carbocycles. The molecule has 2 heterocycles. The fourth-order valence-electron chi connectivity index (χ4n) is 2.86. The van der Waals surface area contributed by atoms with E-state index in [-0.39, 0.29) is 35.1 Å². The molecule has 2 aromatic rings. The van der Waals surface area contributed by atoms with Crippen molar-refractivity contribution in [2.75, 3.05) is 22.1 Å². The SMILES string of the molecule is CCc1ccc(NC(=O)c2cc(C)nc(NC3CCS(=O)(=O)C3)n2)cc1. The van der Waals surface area contributed by atoms with Gasteiger partial charge in [-0.25, -0.2) is 18.4 Å². The lowest BCUT2D eigenvalue weighted by atomic mass is 10.1. The van der Waals surface area contributed by atoms with Crippen molar-refractivity contribution in [2.45, 2.75) is 32.7 Å². The second-order valence-corrected chi connectivity index (χ2v) is 8.70. The van der Waals surface area contributed by atoms with Crippen LogP contribution in [0, 0.1) is 6.92 Å². The first-order valence-electron chi connectivity index (χ1n) is 8.57. The third-order valence-corrected chi connectivity index (χ3v) is 6.04. The van der Waals surface area contributed by atoms with Crippen LogP contribution in [0.25, 0.3) is 0 Å². The van der Waals surface area contributed by atoms with Crippen molar-refractivity contribution in [3.63, 3.8) is 0 Å². The predicted molar refractivity (Wildman–Crippen MR) is 101 cm³/mol. The van der Waals surface area contributed by atoms with E-state index in [1.165, 1.54) is 5.56 Å². The molecule has 0 spiro atoms. The Morgan fingerprint density at radius 3 is 2.58 bits per heavy atom. The molecule has 0 saturated carbocycles. The molecule has 1 amide bonds. The van der Waals surface area contributed by atoms with Gasteiger partial charge >= 0.3 is 0 Å². The van der Waals surface area contributed by atoms with E-state index in [0.29, 0.717) is 17.8 Å². The van der Waals surface area contributed by atoms with Gasteiger partial charge in [0.05, 0.1) is 11.5 Å². The van der Waals surface area contributed by atoms with Gasteiger partial charge in [0.2, 0.25) is 5.95 Å². The molecule has 0 radical (unpaired) electrons. The molecule has 3 rings (SSSR count). The van der Waals surface area contributed by atoms with Crippen molar-refractivity contribution in [2.24, 2.45) is 0 Å². The van der Waals surface area contributed by atoms with Crippen LogP contribution in [0.3, 0.4) is 0 Å². The van der Waals surface area contributed by atoms with Gasteiger partial charge in [0.25, 0.3) is 5.91 Å². The monoisotopic (exact) mass is 374 g/mol. The number of hydrogen-bond acceptors (Lipinski definition) is 6. The summed E-state index contributed by atoms with van der Waals surface area (Å²) in [5.74, 6) is 0.174. The molecule has 8 heteroatoms. The molecule has 1 saturated heterocycles. The van der Waals surface area contributed by atoms with Crippen molar-refractivity contribution in [1.29, 1.82) is 0 Å². The van der Waals surface area contributed by atoms with Gasteiger partial charge in [-0.3, -0.25) is 4.79 Å². The van der Waals surface area contributed by atoms with E-state index in [2.05, 4.69) is 27.5 Å². The Balaban J connectivity index is 1.72. The standard InChI is InChI=1S/C18H22N4O3S/c1-3-13-4-6-14(7-5-13)20-17(23)16-10-12(2)19-18(22-16)21-15-8-9-26(24,25)11-15/h4-7,10,15H,3,8-9,11H2,1-2H3,(H,20,23)(H,19,21,22). The lowest BCUT2D eigenvalue weighted by Gasteiger charge is -2.12. The van der Waals surface area contributed by atoms with E-state index in [9.17, 15) is 13.2 Å². The summed E-state index contributed by atoms with van der Waals surface area (Å²) >= 11 is 0. The summed E-state index contributed by atoms with van der Waals surface area (Å²) < 4.78 is 23.2. The number of hydrogen-bond donors (Lipinski definition) is 2. The number of aryl methyl sites for hydroxylation is 2. The molecule has 1 atom stereocenters. The highest BCUT2D eigenvalue weighted by Gasteiger charge is 2.28. The molecule has 26 heavy (non-hydrogen) atoms. The zero-order valence-corrected chi connectivity index (χ0v) is 15.6. The third kappa shape index (κ3) is 4.57. The quantitative estimate of drug-likeness (QED) is 0.832. The normalized spacial score (nSPS) is 18.5. The van der Waals surface area contributed by atoms with Crippen LogP contribution in [0.15, 0.2) is 30.3 Å². The number of carbonyl (C=O) groups excluding carboxylic acids is 1. The van der Waals surface area contributed by atoms with Crippen LogP contribution in [0.2, 0.25) is 0 Å². The summed E-state index contributed by atoms with van der Waals surface area (Å²) in [5, 5.41) is 5.85. The van der Waals surface area contributed by atoms with E-state index in [0.717, 1.165) is 6.42 Å². The molecule has 1 fully saturated rings. The maximum atomic E-state index is 12.5. The number of amides is 1. The van der Waals surface area contributed by atoms with Gasteiger partial charge in [0.1, 0.15) is 5.69 Å². The zero-order valence-electron chi connectivity index (χ0n) is 14.8. The van der Waals surface area contributed by atoms with E-state index >= 15 is 0 Å². The maximum Gasteiger partial charge on any atom is 0.274 e. The molecular weight excluding hydrogens is 352 g/mol. The average Bonchev–Trinajstić information content (AvgIpc) is 2.93. The Bertz CT molecular complexity index is 911. The summed E-state index contributed by atoms with van der Waals surface area (Å²) in [6.45, 7) is 3.84. The predicted octanol–water partition coefficient (Wildman–Crippen LogP) is 2.20. The van der Waals surface area contributed by atoms with Crippen LogP contribution in [0.5, 0.6) is 0 Å². The van der Waals surface area contributed by atoms with Crippen molar-refractivity contribution >= 4 is 27.4 Å². The van der Waals surface area contributed by atoms with Gasteiger partial charge in [-0.2, -0.15) is 0 Å². The van der Waals surface area contributed by atoms with Crippen LogP contribution >= 0.6 is 0 Å². The zero-order chi connectivity index (χ0) is 18.7. The highest BCUT2D eigenvalue weighted by atomic mass is 32.2. The molecule has 1 aliphatic heterocycles.